The van der Waals surface area contributed by atoms with Crippen molar-refractivity contribution in [3.8, 4) is 0 Å². The Bertz CT molecular complexity index is 1390. The molecule has 3 aromatic carbocycles. The number of nitrogens with one attached hydrogen (secondary N) is 2. The molecule has 1 atom stereocenters. The molecule has 4 rings (SSSR count). The van der Waals surface area contributed by atoms with Gasteiger partial charge in [-0.25, -0.2) is 4.79 Å². The highest BCUT2D eigenvalue weighted by Crippen LogP contribution is 2.42. The fourth-order valence-electron chi connectivity index (χ4n) is 4.21. The Morgan fingerprint density at radius 3 is 1.97 bits per heavy atom. The molecule has 2 N–H and O–H groups in total. The first-order valence-electron chi connectivity index (χ1n) is 11.4. The first-order valence-corrected chi connectivity index (χ1v) is 11.4. The van der Waals surface area contributed by atoms with E-state index < -0.39 is 40.7 Å². The lowest BCUT2D eigenvalue weighted by molar-refractivity contribution is -0.139. The Balaban J connectivity index is 1.98. The van der Waals surface area contributed by atoms with Crippen LogP contribution >= 0.6 is 0 Å². The predicted octanol–water partition coefficient (Wildman–Crippen LogP) is 7.43. The maximum Gasteiger partial charge on any atom is 0.418 e. The molecule has 0 fully saturated rings. The summed E-state index contributed by atoms with van der Waals surface area (Å²) in [7, 11) is 0. The summed E-state index contributed by atoms with van der Waals surface area (Å²) in [5.41, 5.74) is -4.48. The number of carbonyl (C=O) groups excluding carboxylic acids is 1. The molecule has 4 nitrogen and oxygen atoms in total. The minimum Gasteiger partial charge on any atom is -0.322 e. The van der Waals surface area contributed by atoms with Gasteiger partial charge in [0.1, 0.15) is 5.54 Å². The Labute approximate surface area is 214 Å². The van der Waals surface area contributed by atoms with Crippen molar-refractivity contribution >= 4 is 11.7 Å². The van der Waals surface area contributed by atoms with Crippen LogP contribution in [-0.2, 0) is 24.3 Å². The Morgan fingerprint density at radius 2 is 1.34 bits per heavy atom. The highest BCUT2D eigenvalue weighted by Gasteiger charge is 2.46. The second-order valence-corrected chi connectivity index (χ2v) is 8.49. The van der Waals surface area contributed by atoms with E-state index in [1.54, 1.807) is 60.7 Å². The molecule has 1 aromatic heterocycles. The molecule has 0 aliphatic heterocycles. The summed E-state index contributed by atoms with van der Waals surface area (Å²) in [6.45, 7) is 0. The number of aromatic nitrogens is 1. The number of carbonyl (C=O) groups is 1. The van der Waals surface area contributed by atoms with Gasteiger partial charge in [-0.15, -0.1) is 0 Å². The van der Waals surface area contributed by atoms with Gasteiger partial charge in [0.15, 0.2) is 0 Å². The van der Waals surface area contributed by atoms with Gasteiger partial charge in [-0.05, 0) is 47.5 Å². The van der Waals surface area contributed by atoms with Crippen molar-refractivity contribution < 1.29 is 31.1 Å². The smallest absolute Gasteiger partial charge is 0.322 e. The second kappa shape index (κ2) is 10.6. The molecular weight excluding hydrogens is 508 g/mol. The predicted molar refractivity (Wildman–Crippen MR) is 130 cm³/mol. The maximum absolute atomic E-state index is 14.2. The minimum atomic E-state index is -4.91. The van der Waals surface area contributed by atoms with Crippen molar-refractivity contribution in [2.45, 2.75) is 24.3 Å². The molecule has 0 aliphatic carbocycles. The summed E-state index contributed by atoms with van der Waals surface area (Å²) in [6, 6.07) is 21.1. The third kappa shape index (κ3) is 5.96. The topological polar surface area (TPSA) is 54.0 Å². The van der Waals surface area contributed by atoms with E-state index in [1.807, 2.05) is 0 Å². The number of para-hydroxylation sites is 1. The van der Waals surface area contributed by atoms with Crippen molar-refractivity contribution in [2.75, 3.05) is 5.32 Å². The first-order chi connectivity index (χ1) is 18.0. The van der Waals surface area contributed by atoms with Crippen LogP contribution < -0.4 is 10.6 Å². The summed E-state index contributed by atoms with van der Waals surface area (Å²) in [5, 5.41) is 5.12. The number of urea groups is 1. The number of amides is 2. The number of anilines is 1. The van der Waals surface area contributed by atoms with Gasteiger partial charge in [0.25, 0.3) is 0 Å². The Hall–Kier alpha value is -4.34. The lowest BCUT2D eigenvalue weighted by Gasteiger charge is -2.37. The molecule has 38 heavy (non-hydrogen) atoms. The fourth-order valence-corrected chi connectivity index (χ4v) is 4.21. The van der Waals surface area contributed by atoms with Crippen LogP contribution in [0.2, 0.25) is 0 Å². The molecule has 0 saturated heterocycles. The van der Waals surface area contributed by atoms with Gasteiger partial charge in [0.2, 0.25) is 0 Å². The van der Waals surface area contributed by atoms with E-state index in [1.165, 1.54) is 6.07 Å². The Morgan fingerprint density at radius 1 is 0.711 bits per heavy atom. The van der Waals surface area contributed by atoms with E-state index in [0.717, 1.165) is 36.5 Å². The summed E-state index contributed by atoms with van der Waals surface area (Å²) in [4.78, 5) is 17.3. The van der Waals surface area contributed by atoms with Gasteiger partial charge in [-0.3, -0.25) is 4.98 Å². The van der Waals surface area contributed by atoms with Gasteiger partial charge in [-0.1, -0.05) is 60.7 Å². The number of alkyl halides is 6. The molecule has 0 radical (unpaired) electrons. The van der Waals surface area contributed by atoms with Crippen molar-refractivity contribution in [3.05, 3.63) is 131 Å². The van der Waals surface area contributed by atoms with Crippen LogP contribution in [0.1, 0.15) is 27.9 Å². The molecule has 2 amide bonds. The van der Waals surface area contributed by atoms with Crippen LogP contribution in [0.3, 0.4) is 0 Å². The van der Waals surface area contributed by atoms with Gasteiger partial charge in [0, 0.05) is 18.3 Å². The minimum absolute atomic E-state index is 0.219. The lowest BCUT2D eigenvalue weighted by atomic mass is 9.78. The summed E-state index contributed by atoms with van der Waals surface area (Å²) >= 11 is 0. The number of hydrogen-bond donors (Lipinski definition) is 2. The number of halogens is 6. The zero-order valence-electron chi connectivity index (χ0n) is 19.6. The number of rotatable bonds is 6. The molecule has 0 spiro atoms. The normalized spacial score (nSPS) is 13.4. The van der Waals surface area contributed by atoms with Crippen LogP contribution in [0.4, 0.5) is 36.8 Å². The van der Waals surface area contributed by atoms with Gasteiger partial charge < -0.3 is 10.6 Å². The van der Waals surface area contributed by atoms with Crippen molar-refractivity contribution in [1.29, 1.82) is 0 Å². The third-order valence-corrected chi connectivity index (χ3v) is 5.87. The van der Waals surface area contributed by atoms with Crippen molar-refractivity contribution in [1.82, 2.24) is 10.3 Å². The molecule has 0 bridgehead atoms. The van der Waals surface area contributed by atoms with E-state index in [0.29, 0.717) is 11.3 Å². The SMILES string of the molecule is O=C(Nc1ccccc1)NC(Cc1ccccc1)(c1cccc(C(F)(F)F)c1)c1ncccc1C(F)(F)F. The quantitative estimate of drug-likeness (QED) is 0.255. The standard InChI is InChI=1S/C28H21F6N3O/c29-27(30,31)21-12-7-11-20(17-21)26(18-19-9-3-1-4-10-19,24-23(28(32,33)34)15-8-16-35-24)37-25(38)36-22-13-5-2-6-14-22/h1-17H,18H2,(H2,36,37,38). The summed E-state index contributed by atoms with van der Waals surface area (Å²) < 4.78 is 83.8. The van der Waals surface area contributed by atoms with Crippen LogP contribution in [-0.4, -0.2) is 11.0 Å². The largest absolute Gasteiger partial charge is 0.418 e. The van der Waals surface area contributed by atoms with Crippen LogP contribution in [0.25, 0.3) is 0 Å². The number of nitrogens with zero attached hydrogens (tertiary/aromatic N) is 1. The lowest BCUT2D eigenvalue weighted by Crippen LogP contribution is -2.51. The van der Waals surface area contributed by atoms with Crippen LogP contribution in [0.15, 0.2) is 103 Å². The van der Waals surface area contributed by atoms with Gasteiger partial charge >= 0.3 is 18.4 Å². The average molecular weight is 529 g/mol. The Kier molecular flexibility index (Phi) is 7.43. The zero-order chi connectivity index (χ0) is 27.4. The van der Waals surface area contributed by atoms with Crippen LogP contribution in [0.5, 0.6) is 0 Å². The number of hydrogen-bond acceptors (Lipinski definition) is 2. The molecule has 0 aliphatic rings. The highest BCUT2D eigenvalue weighted by atomic mass is 19.4. The van der Waals surface area contributed by atoms with E-state index in [9.17, 15) is 31.1 Å². The van der Waals surface area contributed by atoms with Crippen LogP contribution in [0, 0.1) is 0 Å². The van der Waals surface area contributed by atoms with E-state index in [4.69, 9.17) is 0 Å². The fraction of sp³-hybridized carbons (Fsp3) is 0.143. The van der Waals surface area contributed by atoms with E-state index in [-0.39, 0.29) is 12.0 Å². The molecule has 196 valence electrons. The first kappa shape index (κ1) is 26.7. The molecule has 10 heteroatoms. The third-order valence-electron chi connectivity index (χ3n) is 5.87. The molecule has 1 unspecified atom stereocenters. The molecular formula is C28H21F6N3O. The molecule has 0 saturated carbocycles. The van der Waals surface area contributed by atoms with E-state index in [2.05, 4.69) is 15.6 Å². The number of pyridine rings is 1. The van der Waals surface area contributed by atoms with Gasteiger partial charge in [0.05, 0.1) is 16.8 Å². The highest BCUT2D eigenvalue weighted by molar-refractivity contribution is 5.90. The summed E-state index contributed by atoms with van der Waals surface area (Å²) in [6.07, 6.45) is -8.91. The monoisotopic (exact) mass is 529 g/mol. The maximum atomic E-state index is 14.2. The van der Waals surface area contributed by atoms with E-state index >= 15 is 0 Å². The molecule has 1 heterocycles. The summed E-state index contributed by atoms with van der Waals surface area (Å²) in [5.74, 6) is 0. The average Bonchev–Trinajstić information content (AvgIpc) is 2.88. The zero-order valence-corrected chi connectivity index (χ0v) is 19.6. The van der Waals surface area contributed by atoms with Gasteiger partial charge in [-0.2, -0.15) is 26.3 Å². The number of benzene rings is 3. The van der Waals surface area contributed by atoms with Crippen molar-refractivity contribution in [2.24, 2.45) is 0 Å². The molecule has 4 aromatic rings. The van der Waals surface area contributed by atoms with Crippen molar-refractivity contribution in [3.63, 3.8) is 0 Å². The second-order valence-electron chi connectivity index (χ2n) is 8.49.